The van der Waals surface area contributed by atoms with Gasteiger partial charge in [-0.3, -0.25) is 38.4 Å². The zero-order valence-corrected chi connectivity index (χ0v) is 49.7. The van der Waals surface area contributed by atoms with Crippen LogP contribution >= 0.6 is 0 Å². The van der Waals surface area contributed by atoms with Gasteiger partial charge in [0, 0.05) is 47.1 Å². The predicted octanol–water partition coefficient (Wildman–Crippen LogP) is 4.75. The van der Waals surface area contributed by atoms with Gasteiger partial charge in [0.25, 0.3) is 5.91 Å². The molecule has 2 heterocycles. The SMILES string of the molecule is CC[C@@H](C)[C@@H]1NC(=O)[C@H]2CCCN2C(=O)[C@H]([C@H](O)c2ccccc2)N(C)C(=O)[C@@H](Cc2ccccc2)NC(=O)[C@@H](C(C)C)N(C)C(=O)[C@H]([C@@H](C)CC)OC(=O)[C@H](C(C)C)N(C)C(=O)[C@H](CC(C)C)NC(=O)[C@H](C(C)C)N(C)C1=O. The molecule has 438 valence electrons. The van der Waals surface area contributed by atoms with E-state index >= 15 is 9.59 Å². The van der Waals surface area contributed by atoms with Crippen LogP contribution in [0.2, 0.25) is 0 Å². The first-order chi connectivity index (χ1) is 37.1. The Morgan fingerprint density at radius 1 is 0.544 bits per heavy atom. The number of benzene rings is 2. The van der Waals surface area contributed by atoms with Crippen molar-refractivity contribution in [2.24, 2.45) is 35.5 Å². The second kappa shape index (κ2) is 29.2. The Morgan fingerprint density at radius 2 is 1.01 bits per heavy atom. The van der Waals surface area contributed by atoms with Gasteiger partial charge in [-0.1, -0.05) is 150 Å². The molecule has 0 radical (unpaired) electrons. The molecule has 0 unspecified atom stereocenters. The number of nitrogens with one attached hydrogen (secondary N) is 3. The fourth-order valence-corrected chi connectivity index (χ4v) is 11.0. The van der Waals surface area contributed by atoms with E-state index in [1.807, 2.05) is 27.7 Å². The molecule has 0 aromatic heterocycles. The van der Waals surface area contributed by atoms with Gasteiger partial charge in [0.1, 0.15) is 54.4 Å². The predicted molar refractivity (Wildman–Crippen MR) is 301 cm³/mol. The minimum atomic E-state index is -1.64. The number of hydrogen-bond donors (Lipinski definition) is 4. The quantitative estimate of drug-likeness (QED) is 0.200. The average Bonchev–Trinajstić information content (AvgIpc) is 3.92. The maximum atomic E-state index is 15.3. The molecule has 19 nitrogen and oxygen atoms in total. The van der Waals surface area contributed by atoms with Crippen LogP contribution in [0.3, 0.4) is 0 Å². The lowest BCUT2D eigenvalue weighted by Crippen LogP contribution is -2.62. The zero-order chi connectivity index (χ0) is 59.3. The molecule has 4 N–H and O–H groups in total. The van der Waals surface area contributed by atoms with Crippen molar-refractivity contribution in [3.8, 4) is 0 Å². The normalized spacial score (nSPS) is 26.8. The van der Waals surface area contributed by atoms with E-state index in [2.05, 4.69) is 16.0 Å². The van der Waals surface area contributed by atoms with Gasteiger partial charge in [-0.2, -0.15) is 0 Å². The number of carbonyl (C=O) groups is 9. The van der Waals surface area contributed by atoms with Crippen LogP contribution in [0, 0.1) is 35.5 Å². The molecular weight excluding hydrogens is 1010 g/mol. The number of amides is 8. The van der Waals surface area contributed by atoms with E-state index in [9.17, 15) is 38.7 Å². The summed E-state index contributed by atoms with van der Waals surface area (Å²) in [4.78, 5) is 140. The van der Waals surface area contributed by atoms with Crippen LogP contribution in [-0.2, 0) is 54.3 Å². The molecule has 2 saturated heterocycles. The summed E-state index contributed by atoms with van der Waals surface area (Å²) in [5.74, 6) is -9.05. The second-order valence-electron chi connectivity index (χ2n) is 23.4. The maximum absolute atomic E-state index is 15.3. The second-order valence-corrected chi connectivity index (χ2v) is 23.4. The number of rotatable bonds is 13. The van der Waals surface area contributed by atoms with Gasteiger partial charge in [0.05, 0.1) is 0 Å². The lowest BCUT2D eigenvalue weighted by atomic mass is 9.94. The maximum Gasteiger partial charge on any atom is 0.329 e. The van der Waals surface area contributed by atoms with E-state index in [-0.39, 0.29) is 31.7 Å². The van der Waals surface area contributed by atoms with Crippen LogP contribution in [-0.4, -0.2) is 172 Å². The topological polar surface area (TPSA) is 235 Å². The molecule has 2 aromatic rings. The van der Waals surface area contributed by atoms with Crippen molar-refractivity contribution in [3.05, 3.63) is 71.8 Å². The lowest BCUT2D eigenvalue weighted by molar-refractivity contribution is -0.172. The summed E-state index contributed by atoms with van der Waals surface area (Å²) in [7, 11) is 5.70. The number of likely N-dealkylation sites (N-methyl/N-ethyl adjacent to an activating group) is 4. The number of ether oxygens (including phenoxy) is 1. The Labute approximate surface area is 469 Å². The number of esters is 1. The highest BCUT2D eigenvalue weighted by Crippen LogP contribution is 2.29. The summed E-state index contributed by atoms with van der Waals surface area (Å²) in [5, 5.41) is 21.1. The highest BCUT2D eigenvalue weighted by molar-refractivity contribution is 5.99. The molecule has 2 aliphatic heterocycles. The van der Waals surface area contributed by atoms with E-state index in [0.717, 1.165) is 4.90 Å². The zero-order valence-electron chi connectivity index (χ0n) is 49.7. The number of aliphatic hydroxyl groups excluding tert-OH is 1. The van der Waals surface area contributed by atoms with Gasteiger partial charge in [0.2, 0.25) is 41.4 Å². The molecule has 8 amide bonds. The molecule has 12 atom stereocenters. The molecule has 4 rings (SSSR count). The van der Waals surface area contributed by atoms with Crippen LogP contribution < -0.4 is 16.0 Å². The van der Waals surface area contributed by atoms with Crippen LogP contribution in [0.5, 0.6) is 0 Å². The van der Waals surface area contributed by atoms with Crippen molar-refractivity contribution in [3.63, 3.8) is 0 Å². The third kappa shape index (κ3) is 15.9. The minimum absolute atomic E-state index is 0.0679. The van der Waals surface area contributed by atoms with Crippen molar-refractivity contribution in [1.82, 2.24) is 40.4 Å². The number of nitrogens with zero attached hydrogens (tertiary/aromatic N) is 5. The van der Waals surface area contributed by atoms with E-state index in [1.54, 1.807) is 116 Å². The van der Waals surface area contributed by atoms with E-state index in [0.29, 0.717) is 30.4 Å². The molecule has 2 fully saturated rings. The van der Waals surface area contributed by atoms with Crippen molar-refractivity contribution >= 4 is 53.2 Å². The number of aliphatic hydroxyl groups is 1. The highest BCUT2D eigenvalue weighted by atomic mass is 16.6. The van der Waals surface area contributed by atoms with Crippen molar-refractivity contribution < 1.29 is 53.0 Å². The first-order valence-corrected chi connectivity index (χ1v) is 28.4. The molecule has 19 heteroatoms. The molecule has 79 heavy (non-hydrogen) atoms. The third-order valence-electron chi connectivity index (χ3n) is 15.9. The monoisotopic (exact) mass is 1100 g/mol. The molecule has 2 aliphatic rings. The molecular formula is C60H92N8O11. The summed E-state index contributed by atoms with van der Waals surface area (Å²) in [6.07, 6.45) is -1.58. The van der Waals surface area contributed by atoms with E-state index < -0.39 is 143 Å². The molecule has 0 spiro atoms. The molecule has 0 aliphatic carbocycles. The van der Waals surface area contributed by atoms with Crippen molar-refractivity contribution in [2.75, 3.05) is 34.7 Å². The van der Waals surface area contributed by atoms with Gasteiger partial charge >= 0.3 is 5.97 Å². The summed E-state index contributed by atoms with van der Waals surface area (Å²) in [5.41, 5.74) is 0.952. The van der Waals surface area contributed by atoms with Gasteiger partial charge < -0.3 is 50.3 Å². The first-order valence-electron chi connectivity index (χ1n) is 28.4. The Morgan fingerprint density at radius 3 is 1.52 bits per heavy atom. The fourth-order valence-electron chi connectivity index (χ4n) is 11.0. The number of cyclic esters (lactones) is 1. The van der Waals surface area contributed by atoms with E-state index in [1.165, 1.54) is 47.8 Å². The minimum Gasteiger partial charge on any atom is -0.450 e. The Hall–Kier alpha value is -6.37. The molecule has 2 aromatic carbocycles. The fraction of sp³-hybridized carbons (Fsp3) is 0.650. The summed E-state index contributed by atoms with van der Waals surface area (Å²) in [6.45, 7) is 21.5. The van der Waals surface area contributed by atoms with Crippen LogP contribution in [0.15, 0.2) is 60.7 Å². The summed E-state index contributed by atoms with van der Waals surface area (Å²) < 4.78 is 6.17. The van der Waals surface area contributed by atoms with E-state index in [4.69, 9.17) is 4.74 Å². The molecule has 0 saturated carbocycles. The number of fused-ring (bicyclic) bond motifs is 1. The first kappa shape index (κ1) is 65.2. The van der Waals surface area contributed by atoms with Crippen molar-refractivity contribution in [1.29, 1.82) is 0 Å². The number of hydrogen-bond acceptors (Lipinski definition) is 11. The van der Waals surface area contributed by atoms with Gasteiger partial charge in [-0.05, 0) is 66.4 Å². The average molecular weight is 1100 g/mol. The summed E-state index contributed by atoms with van der Waals surface area (Å²) >= 11 is 0. The van der Waals surface area contributed by atoms with Crippen LogP contribution in [0.25, 0.3) is 0 Å². The van der Waals surface area contributed by atoms with Crippen molar-refractivity contribution in [2.45, 2.75) is 182 Å². The Kier molecular flexibility index (Phi) is 24.1. The van der Waals surface area contributed by atoms with Gasteiger partial charge in [-0.25, -0.2) is 4.79 Å². The third-order valence-corrected chi connectivity index (χ3v) is 15.9. The summed E-state index contributed by atoms with van der Waals surface area (Å²) in [6, 6.07) is 7.11. The van der Waals surface area contributed by atoms with Crippen LogP contribution in [0.4, 0.5) is 0 Å². The van der Waals surface area contributed by atoms with Gasteiger partial charge in [-0.15, -0.1) is 0 Å². The van der Waals surface area contributed by atoms with Gasteiger partial charge in [0.15, 0.2) is 6.10 Å². The Bertz CT molecular complexity index is 2420. The number of carbonyl (C=O) groups excluding carboxylic acids is 9. The lowest BCUT2D eigenvalue weighted by Gasteiger charge is -2.38. The Balaban J connectivity index is 1.98. The smallest absolute Gasteiger partial charge is 0.329 e. The highest BCUT2D eigenvalue weighted by Gasteiger charge is 2.47. The molecule has 0 bridgehead atoms. The van der Waals surface area contributed by atoms with Crippen LogP contribution in [0.1, 0.15) is 132 Å². The largest absolute Gasteiger partial charge is 0.450 e. The standard InChI is InChI=1S/C60H92N8O11/c1-17-38(11)45-57(75)64(13)46(35(5)6)53(71)61-42(32-34(3)4)55(73)66(15)48(37(9)10)60(78)79-51(39(12)18-2)59(77)65(14)47(36(7)8)54(72)62-43(33-40-26-21-19-22-27-40)56(74)67(16)49(50(69)41-28-23-20-24-29-41)58(76)68-31-25-30-44(68)52(70)63-45/h19-24,26-29,34-39,42-51,69H,17-18,25,30-33H2,1-16H3,(H,61,71)(H,62,72)(H,63,70)/t38-,39+,42+,43-,44-,45+,46+,47-,48+,49+,50-,51+/m1/s1.